The SMILES string of the molecule is C/C=C/CCCCCCCCC/C=C/C=C/C=C/C=C/CC(O)OC1CC1. The van der Waals surface area contributed by atoms with Crippen LogP contribution >= 0.6 is 0 Å². The summed E-state index contributed by atoms with van der Waals surface area (Å²) >= 11 is 0. The van der Waals surface area contributed by atoms with Gasteiger partial charge in [0.25, 0.3) is 0 Å². The number of unbranched alkanes of at least 4 members (excludes halogenated alkanes) is 8. The lowest BCUT2D eigenvalue weighted by Gasteiger charge is -2.07. The van der Waals surface area contributed by atoms with Crippen molar-refractivity contribution < 1.29 is 9.84 Å². The lowest BCUT2D eigenvalue weighted by molar-refractivity contribution is -0.104. The van der Waals surface area contributed by atoms with Crippen molar-refractivity contribution in [3.8, 4) is 0 Å². The van der Waals surface area contributed by atoms with Gasteiger partial charge in [0, 0.05) is 6.42 Å². The van der Waals surface area contributed by atoms with E-state index in [1.54, 1.807) is 0 Å². The Morgan fingerprint density at radius 1 is 0.741 bits per heavy atom. The summed E-state index contributed by atoms with van der Waals surface area (Å²) in [4.78, 5) is 0. The molecule has 1 unspecified atom stereocenters. The molecule has 0 radical (unpaired) electrons. The van der Waals surface area contributed by atoms with Crippen LogP contribution in [0.3, 0.4) is 0 Å². The Balaban J connectivity index is 1.85. The number of aliphatic hydroxyl groups is 1. The molecule has 1 fully saturated rings. The fourth-order valence-electron chi connectivity index (χ4n) is 2.76. The minimum atomic E-state index is -0.649. The Bertz CT molecular complexity index is 467. The van der Waals surface area contributed by atoms with Gasteiger partial charge in [-0.25, -0.2) is 0 Å². The second-order valence-electron chi connectivity index (χ2n) is 7.27. The summed E-state index contributed by atoms with van der Waals surface area (Å²) in [5.41, 5.74) is 0. The smallest absolute Gasteiger partial charge is 0.158 e. The Morgan fingerprint density at radius 3 is 1.85 bits per heavy atom. The first-order valence-corrected chi connectivity index (χ1v) is 10.9. The van der Waals surface area contributed by atoms with Crippen LogP contribution in [0.1, 0.15) is 84.0 Å². The van der Waals surface area contributed by atoms with Gasteiger partial charge in [0.2, 0.25) is 0 Å². The van der Waals surface area contributed by atoms with E-state index in [1.807, 2.05) is 30.4 Å². The maximum atomic E-state index is 9.58. The molecule has 1 aliphatic carbocycles. The van der Waals surface area contributed by atoms with E-state index in [9.17, 15) is 5.11 Å². The third kappa shape index (κ3) is 17.8. The third-order valence-electron chi connectivity index (χ3n) is 4.52. The molecule has 0 aromatic rings. The van der Waals surface area contributed by atoms with Crippen LogP contribution in [0.5, 0.6) is 0 Å². The second kappa shape index (κ2) is 18.0. The Kier molecular flexibility index (Phi) is 15.8. The predicted octanol–water partition coefficient (Wildman–Crippen LogP) is 7.19. The Hall–Kier alpha value is -1.38. The lowest BCUT2D eigenvalue weighted by atomic mass is 10.1. The minimum absolute atomic E-state index is 0.303. The molecule has 0 heterocycles. The molecule has 1 N–H and O–H groups in total. The number of aliphatic hydroxyl groups excluding tert-OH is 1. The molecule has 0 amide bonds. The molecule has 152 valence electrons. The topological polar surface area (TPSA) is 29.5 Å². The fraction of sp³-hybridized carbons (Fsp3) is 0.600. The molecule has 0 aromatic carbocycles. The van der Waals surface area contributed by atoms with Crippen molar-refractivity contribution in [1.82, 2.24) is 0 Å². The largest absolute Gasteiger partial charge is 0.368 e. The van der Waals surface area contributed by atoms with Crippen molar-refractivity contribution in [2.75, 3.05) is 0 Å². The van der Waals surface area contributed by atoms with Crippen molar-refractivity contribution in [2.45, 2.75) is 96.4 Å². The molecule has 1 saturated carbocycles. The van der Waals surface area contributed by atoms with Gasteiger partial charge in [-0.2, -0.15) is 0 Å². The second-order valence-corrected chi connectivity index (χ2v) is 7.27. The zero-order valence-electron chi connectivity index (χ0n) is 17.3. The first-order valence-electron chi connectivity index (χ1n) is 10.9. The van der Waals surface area contributed by atoms with Gasteiger partial charge in [-0.1, -0.05) is 92.9 Å². The molecule has 2 heteroatoms. The van der Waals surface area contributed by atoms with E-state index in [2.05, 4.69) is 37.3 Å². The molecule has 1 aliphatic rings. The average Bonchev–Trinajstić information content (AvgIpc) is 3.47. The summed E-state index contributed by atoms with van der Waals surface area (Å²) in [6.07, 6.45) is 35.1. The van der Waals surface area contributed by atoms with Crippen LogP contribution in [0.15, 0.2) is 60.8 Å². The van der Waals surface area contributed by atoms with E-state index in [0.717, 1.165) is 12.8 Å². The number of hydrogen-bond acceptors (Lipinski definition) is 2. The van der Waals surface area contributed by atoms with E-state index in [4.69, 9.17) is 4.74 Å². The van der Waals surface area contributed by atoms with Gasteiger partial charge in [-0.3, -0.25) is 0 Å². The molecule has 1 atom stereocenters. The van der Waals surface area contributed by atoms with Gasteiger partial charge in [0.15, 0.2) is 6.29 Å². The highest BCUT2D eigenvalue weighted by atomic mass is 16.6. The first-order chi connectivity index (χ1) is 13.3. The quantitative estimate of drug-likeness (QED) is 0.127. The van der Waals surface area contributed by atoms with Crippen molar-refractivity contribution in [1.29, 1.82) is 0 Å². The highest BCUT2D eigenvalue weighted by molar-refractivity contribution is 5.15. The van der Waals surface area contributed by atoms with E-state index in [-0.39, 0.29) is 0 Å². The maximum absolute atomic E-state index is 9.58. The molecule has 0 aromatic heterocycles. The Morgan fingerprint density at radius 2 is 1.26 bits per heavy atom. The molecule has 0 bridgehead atoms. The molecule has 0 aliphatic heterocycles. The van der Waals surface area contributed by atoms with Gasteiger partial charge in [-0.05, 0) is 45.4 Å². The van der Waals surface area contributed by atoms with Gasteiger partial charge >= 0.3 is 0 Å². The normalized spacial score (nSPS) is 16.8. The molecular weight excluding hydrogens is 332 g/mol. The van der Waals surface area contributed by atoms with Crippen LogP contribution in [0.4, 0.5) is 0 Å². The minimum Gasteiger partial charge on any atom is -0.368 e. The highest BCUT2D eigenvalue weighted by Gasteiger charge is 2.24. The summed E-state index contributed by atoms with van der Waals surface area (Å²) < 4.78 is 5.35. The lowest BCUT2D eigenvalue weighted by Crippen LogP contribution is -2.11. The van der Waals surface area contributed by atoms with Crippen LogP contribution in [0.25, 0.3) is 0 Å². The molecule has 2 nitrogen and oxygen atoms in total. The zero-order valence-corrected chi connectivity index (χ0v) is 17.3. The van der Waals surface area contributed by atoms with Crippen LogP contribution in [-0.4, -0.2) is 17.5 Å². The predicted molar refractivity (Wildman–Crippen MR) is 118 cm³/mol. The zero-order chi connectivity index (χ0) is 19.4. The number of ether oxygens (including phenoxy) is 1. The summed E-state index contributed by atoms with van der Waals surface area (Å²) in [6, 6.07) is 0. The van der Waals surface area contributed by atoms with Crippen molar-refractivity contribution >= 4 is 0 Å². The number of allylic oxidation sites excluding steroid dienone is 9. The first kappa shape index (κ1) is 23.7. The van der Waals surface area contributed by atoms with Crippen molar-refractivity contribution in [3.63, 3.8) is 0 Å². The average molecular weight is 373 g/mol. The van der Waals surface area contributed by atoms with Crippen LogP contribution in [0, 0.1) is 0 Å². The molecule has 0 spiro atoms. The summed E-state index contributed by atoms with van der Waals surface area (Å²) in [5, 5.41) is 9.58. The summed E-state index contributed by atoms with van der Waals surface area (Å²) in [5.74, 6) is 0. The monoisotopic (exact) mass is 372 g/mol. The maximum Gasteiger partial charge on any atom is 0.158 e. The summed E-state index contributed by atoms with van der Waals surface area (Å²) in [7, 11) is 0. The van der Waals surface area contributed by atoms with Gasteiger partial charge < -0.3 is 9.84 Å². The Labute approximate surface area is 167 Å². The van der Waals surface area contributed by atoms with E-state index in [1.165, 1.54) is 57.8 Å². The third-order valence-corrected chi connectivity index (χ3v) is 4.52. The van der Waals surface area contributed by atoms with Crippen LogP contribution in [0.2, 0.25) is 0 Å². The van der Waals surface area contributed by atoms with E-state index >= 15 is 0 Å². The van der Waals surface area contributed by atoms with Gasteiger partial charge in [0.05, 0.1) is 6.10 Å². The fourth-order valence-corrected chi connectivity index (χ4v) is 2.76. The highest BCUT2D eigenvalue weighted by Crippen LogP contribution is 2.25. The van der Waals surface area contributed by atoms with E-state index in [0.29, 0.717) is 12.5 Å². The molecule has 0 saturated heterocycles. The van der Waals surface area contributed by atoms with Crippen LogP contribution < -0.4 is 0 Å². The molecule has 1 rings (SSSR count). The van der Waals surface area contributed by atoms with Crippen LogP contribution in [-0.2, 0) is 4.74 Å². The van der Waals surface area contributed by atoms with Crippen molar-refractivity contribution in [3.05, 3.63) is 60.8 Å². The number of hydrogen-bond donors (Lipinski definition) is 1. The van der Waals surface area contributed by atoms with Gasteiger partial charge in [-0.15, -0.1) is 0 Å². The van der Waals surface area contributed by atoms with Crippen molar-refractivity contribution in [2.24, 2.45) is 0 Å². The number of rotatable bonds is 17. The summed E-state index contributed by atoms with van der Waals surface area (Å²) in [6.45, 7) is 2.10. The standard InChI is InChI=1S/C25H40O2/c1-2-3-4-5-6-7-8-9-10-11-12-13-14-15-16-17-18-19-20-21-25(26)27-24-22-23-24/h2-3,13-20,24-26H,4-12,21-23H2,1H3/b3-2+,14-13+,16-15+,18-17+,20-19+. The van der Waals surface area contributed by atoms with Gasteiger partial charge in [0.1, 0.15) is 0 Å². The molecule has 27 heavy (non-hydrogen) atoms. The molecular formula is C25H40O2. The van der Waals surface area contributed by atoms with E-state index < -0.39 is 6.29 Å².